The van der Waals surface area contributed by atoms with Crippen LogP contribution in [0.2, 0.25) is 0 Å². The Hall–Kier alpha value is -0.690. The minimum absolute atomic E-state index is 0.116. The van der Waals surface area contributed by atoms with Crippen LogP contribution in [-0.2, 0) is 19.0 Å². The maximum atomic E-state index is 11.6. The maximum Gasteiger partial charge on any atom is 0.237 e. The molecule has 0 aliphatic rings. The zero-order valence-corrected chi connectivity index (χ0v) is 12.3. The second kappa shape index (κ2) is 12.3. The third kappa shape index (κ3) is 9.84. The third-order valence-corrected chi connectivity index (χ3v) is 2.91. The van der Waals surface area contributed by atoms with Crippen molar-refractivity contribution in [1.82, 2.24) is 5.32 Å². The monoisotopic (exact) mass is 276 g/mol. The van der Waals surface area contributed by atoms with Gasteiger partial charge >= 0.3 is 0 Å². The van der Waals surface area contributed by atoms with Gasteiger partial charge in [0.25, 0.3) is 0 Å². The van der Waals surface area contributed by atoms with Crippen molar-refractivity contribution in [3.63, 3.8) is 0 Å². The lowest BCUT2D eigenvalue weighted by atomic mass is 9.99. The Balaban J connectivity index is 3.36. The highest BCUT2D eigenvalue weighted by atomic mass is 16.5. The van der Waals surface area contributed by atoms with Gasteiger partial charge in [-0.15, -0.1) is 0 Å². The molecular formula is C13H28N2O4. The van der Waals surface area contributed by atoms with Crippen molar-refractivity contribution < 1.29 is 19.0 Å². The number of methoxy groups -OCH3 is 1. The predicted octanol–water partition coefficient (Wildman–Crippen LogP) is 0.156. The Morgan fingerprint density at radius 2 is 1.74 bits per heavy atom. The summed E-state index contributed by atoms with van der Waals surface area (Å²) in [6.07, 6.45) is 0.893. The van der Waals surface area contributed by atoms with Crippen molar-refractivity contribution in [3.05, 3.63) is 0 Å². The second-order valence-corrected chi connectivity index (χ2v) is 4.42. The van der Waals surface area contributed by atoms with Gasteiger partial charge in [-0.05, 0) is 5.92 Å². The summed E-state index contributed by atoms with van der Waals surface area (Å²) in [6, 6.07) is -0.442. The van der Waals surface area contributed by atoms with Crippen LogP contribution in [0, 0.1) is 5.92 Å². The third-order valence-electron chi connectivity index (χ3n) is 2.91. The molecule has 0 bridgehead atoms. The van der Waals surface area contributed by atoms with Gasteiger partial charge in [-0.25, -0.2) is 0 Å². The molecule has 0 saturated heterocycles. The van der Waals surface area contributed by atoms with Gasteiger partial charge < -0.3 is 25.3 Å². The first-order valence-electron chi connectivity index (χ1n) is 6.81. The van der Waals surface area contributed by atoms with Crippen molar-refractivity contribution >= 4 is 5.91 Å². The number of carbonyl (C=O) groups is 1. The summed E-state index contributed by atoms with van der Waals surface area (Å²) in [5.41, 5.74) is 5.80. The summed E-state index contributed by atoms with van der Waals surface area (Å²) in [5, 5.41) is 2.76. The molecule has 0 aliphatic heterocycles. The van der Waals surface area contributed by atoms with Crippen molar-refractivity contribution in [1.29, 1.82) is 0 Å². The normalized spacial score (nSPS) is 14.1. The smallest absolute Gasteiger partial charge is 0.237 e. The largest absolute Gasteiger partial charge is 0.382 e. The Labute approximate surface area is 116 Å². The van der Waals surface area contributed by atoms with Crippen LogP contribution in [0.3, 0.4) is 0 Å². The van der Waals surface area contributed by atoms with Crippen LogP contribution in [0.5, 0.6) is 0 Å². The van der Waals surface area contributed by atoms with Crippen molar-refractivity contribution in [3.8, 4) is 0 Å². The summed E-state index contributed by atoms with van der Waals surface area (Å²) >= 11 is 0. The first-order valence-corrected chi connectivity index (χ1v) is 6.81. The molecule has 0 aromatic rings. The molecule has 0 saturated carbocycles. The van der Waals surface area contributed by atoms with E-state index in [9.17, 15) is 4.79 Å². The Morgan fingerprint density at radius 1 is 1.16 bits per heavy atom. The number of ether oxygens (including phenoxy) is 3. The fourth-order valence-electron chi connectivity index (χ4n) is 1.34. The van der Waals surface area contributed by atoms with E-state index in [2.05, 4.69) is 5.32 Å². The van der Waals surface area contributed by atoms with Crippen LogP contribution in [0.15, 0.2) is 0 Å². The predicted molar refractivity (Wildman–Crippen MR) is 74.0 cm³/mol. The van der Waals surface area contributed by atoms with E-state index >= 15 is 0 Å². The number of hydrogen-bond donors (Lipinski definition) is 2. The molecule has 0 rings (SSSR count). The summed E-state index contributed by atoms with van der Waals surface area (Å²) in [5.74, 6) is 0.0735. The molecule has 2 atom stereocenters. The zero-order valence-electron chi connectivity index (χ0n) is 12.3. The highest BCUT2D eigenvalue weighted by Crippen LogP contribution is 2.04. The van der Waals surface area contributed by atoms with Gasteiger partial charge in [-0.3, -0.25) is 4.79 Å². The van der Waals surface area contributed by atoms with Crippen LogP contribution in [-0.4, -0.2) is 58.6 Å². The molecule has 0 spiro atoms. The lowest BCUT2D eigenvalue weighted by Crippen LogP contribution is -2.45. The van der Waals surface area contributed by atoms with E-state index in [4.69, 9.17) is 19.9 Å². The molecular weight excluding hydrogens is 248 g/mol. The molecule has 0 aliphatic carbocycles. The van der Waals surface area contributed by atoms with E-state index in [1.165, 1.54) is 0 Å². The first kappa shape index (κ1) is 18.3. The van der Waals surface area contributed by atoms with Gasteiger partial charge in [-0.2, -0.15) is 0 Å². The number of nitrogens with two attached hydrogens (primary N) is 1. The van der Waals surface area contributed by atoms with E-state index < -0.39 is 6.04 Å². The van der Waals surface area contributed by atoms with Crippen molar-refractivity contribution in [2.75, 3.05) is 46.7 Å². The van der Waals surface area contributed by atoms with Crippen LogP contribution in [0.4, 0.5) is 0 Å². The molecule has 0 heterocycles. The van der Waals surface area contributed by atoms with E-state index in [0.717, 1.165) is 6.42 Å². The zero-order chi connectivity index (χ0) is 14.5. The van der Waals surface area contributed by atoms with Gasteiger partial charge in [0.2, 0.25) is 5.91 Å². The van der Waals surface area contributed by atoms with Crippen LogP contribution >= 0.6 is 0 Å². The number of rotatable bonds is 12. The number of hydrogen-bond acceptors (Lipinski definition) is 5. The molecule has 0 radical (unpaired) electrons. The number of carbonyl (C=O) groups excluding carboxylic acids is 1. The van der Waals surface area contributed by atoms with Gasteiger partial charge in [0.1, 0.15) is 0 Å². The van der Waals surface area contributed by atoms with Crippen LogP contribution < -0.4 is 11.1 Å². The van der Waals surface area contributed by atoms with Gasteiger partial charge in [0.05, 0.1) is 39.1 Å². The molecule has 0 aromatic carbocycles. The molecule has 6 nitrogen and oxygen atoms in total. The van der Waals surface area contributed by atoms with E-state index in [-0.39, 0.29) is 11.8 Å². The number of amides is 1. The fourth-order valence-corrected chi connectivity index (χ4v) is 1.34. The average Bonchev–Trinajstić information content (AvgIpc) is 2.43. The Kier molecular flexibility index (Phi) is 11.9. The Morgan fingerprint density at radius 3 is 2.32 bits per heavy atom. The fraction of sp³-hybridized carbons (Fsp3) is 0.923. The molecule has 114 valence electrons. The lowest BCUT2D eigenvalue weighted by Gasteiger charge is -2.17. The van der Waals surface area contributed by atoms with Gasteiger partial charge in [0.15, 0.2) is 0 Å². The molecule has 0 fully saturated rings. The topological polar surface area (TPSA) is 82.8 Å². The van der Waals surface area contributed by atoms with Gasteiger partial charge in [0, 0.05) is 13.7 Å². The van der Waals surface area contributed by atoms with Crippen LogP contribution in [0.25, 0.3) is 0 Å². The summed E-state index contributed by atoms with van der Waals surface area (Å²) < 4.78 is 15.4. The summed E-state index contributed by atoms with van der Waals surface area (Å²) in [7, 11) is 1.63. The standard InChI is InChI=1S/C13H28N2O4/c1-4-11(2)12(14)13(16)15-5-6-18-9-10-19-8-7-17-3/h11-12H,4-10,14H2,1-3H3,(H,15,16)/t11-,12-/m0/s1. The molecule has 0 unspecified atom stereocenters. The minimum Gasteiger partial charge on any atom is -0.382 e. The molecule has 19 heavy (non-hydrogen) atoms. The highest BCUT2D eigenvalue weighted by molar-refractivity contribution is 5.81. The average molecular weight is 276 g/mol. The molecule has 0 aromatic heterocycles. The molecule has 1 amide bonds. The van der Waals surface area contributed by atoms with Crippen LogP contribution in [0.1, 0.15) is 20.3 Å². The highest BCUT2D eigenvalue weighted by Gasteiger charge is 2.18. The molecule has 6 heteroatoms. The quantitative estimate of drug-likeness (QED) is 0.496. The SMILES string of the molecule is CC[C@H](C)[C@H](N)C(=O)NCCOCCOCCOC. The molecule has 3 N–H and O–H groups in total. The lowest BCUT2D eigenvalue weighted by molar-refractivity contribution is -0.123. The first-order chi connectivity index (χ1) is 9.13. The second-order valence-electron chi connectivity index (χ2n) is 4.42. The van der Waals surface area contributed by atoms with Gasteiger partial charge in [-0.1, -0.05) is 20.3 Å². The van der Waals surface area contributed by atoms with E-state index in [1.807, 2.05) is 13.8 Å². The minimum atomic E-state index is -0.442. The number of nitrogens with one attached hydrogen (secondary N) is 1. The Bertz CT molecular complexity index is 227. The summed E-state index contributed by atoms with van der Waals surface area (Å²) in [6.45, 7) is 7.13. The van der Waals surface area contributed by atoms with Crippen molar-refractivity contribution in [2.24, 2.45) is 11.7 Å². The van der Waals surface area contributed by atoms with E-state index in [0.29, 0.717) is 39.6 Å². The summed E-state index contributed by atoms with van der Waals surface area (Å²) in [4.78, 5) is 11.6. The maximum absolute atomic E-state index is 11.6. The van der Waals surface area contributed by atoms with Crippen molar-refractivity contribution in [2.45, 2.75) is 26.3 Å². The van der Waals surface area contributed by atoms with E-state index in [1.54, 1.807) is 7.11 Å².